The lowest BCUT2D eigenvalue weighted by Crippen LogP contribution is -2.57. The van der Waals surface area contributed by atoms with Crippen LogP contribution in [0.1, 0.15) is 109 Å². The zero-order valence-electron chi connectivity index (χ0n) is 34.6. The molecule has 316 valence electrons. The first-order valence-electron chi connectivity index (χ1n) is 20.9. The van der Waals surface area contributed by atoms with E-state index in [0.29, 0.717) is 53.8 Å². The van der Waals surface area contributed by atoms with Crippen LogP contribution in [0.3, 0.4) is 0 Å². The third-order valence-corrected chi connectivity index (χ3v) is 13.6. The fraction of sp³-hybridized carbons (Fsp3) is 0.375. The summed E-state index contributed by atoms with van der Waals surface area (Å²) >= 11 is 0. The van der Waals surface area contributed by atoms with Crippen molar-refractivity contribution in [2.45, 2.75) is 102 Å². The second-order valence-electron chi connectivity index (χ2n) is 17.2. The molecular weight excluding hydrogens is 777 g/mol. The molecule has 3 aliphatic heterocycles. The fourth-order valence-electron chi connectivity index (χ4n) is 10.3. The number of aliphatic hydroxyl groups is 2. The van der Waals surface area contributed by atoms with Crippen molar-refractivity contribution in [3.8, 4) is 17.2 Å². The second-order valence-corrected chi connectivity index (χ2v) is 17.2. The lowest BCUT2D eigenvalue weighted by molar-refractivity contribution is -0.165. The summed E-state index contributed by atoms with van der Waals surface area (Å²) in [5, 5.41) is 48.5. The average Bonchev–Trinajstić information content (AvgIpc) is 3.29. The molecule has 3 aromatic heterocycles. The van der Waals surface area contributed by atoms with Gasteiger partial charge in [-0.3, -0.25) is 4.79 Å². The predicted molar refractivity (Wildman–Crippen MR) is 230 cm³/mol. The van der Waals surface area contributed by atoms with Gasteiger partial charge in [0.25, 0.3) is 0 Å². The molecule has 0 saturated carbocycles. The second kappa shape index (κ2) is 15.4. The van der Waals surface area contributed by atoms with Gasteiger partial charge < -0.3 is 45.4 Å². The number of fused-ring (bicyclic) bond motifs is 6. The molecule has 0 spiro atoms. The lowest BCUT2D eigenvalue weighted by Gasteiger charge is -2.49. The van der Waals surface area contributed by atoms with Gasteiger partial charge in [-0.15, -0.1) is 0 Å². The SMILES string of the molecule is CC=C(C)C(=O)OC1Cc2c3c(c4oc(CO)cc(=O)c4c2O)C2c4ccnc(N)c4C(CCc4ccc(O)cc4C2CO)CC(Cc2cnc4c(c2)C=CC(C)N4)C1(C)O3. The lowest BCUT2D eigenvalue weighted by atomic mass is 9.67. The number of aromatic hydroxyl groups is 2. The first kappa shape index (κ1) is 40.2. The molecule has 5 aromatic rings. The van der Waals surface area contributed by atoms with Crippen molar-refractivity contribution in [1.82, 2.24) is 9.97 Å². The molecule has 0 saturated heterocycles. The number of aliphatic hydroxyl groups excluding tert-OH is 2. The van der Waals surface area contributed by atoms with Gasteiger partial charge in [0.2, 0.25) is 0 Å². The van der Waals surface area contributed by atoms with Crippen LogP contribution >= 0.6 is 0 Å². The zero-order chi connectivity index (χ0) is 42.9. The first-order chi connectivity index (χ1) is 29.3. The minimum absolute atomic E-state index is 0.0142. The number of nitrogens with two attached hydrogens (primary N) is 1. The molecule has 4 aliphatic rings. The van der Waals surface area contributed by atoms with Crippen molar-refractivity contribution in [3.05, 3.63) is 127 Å². The van der Waals surface area contributed by atoms with E-state index in [2.05, 4.69) is 35.4 Å². The molecule has 7 unspecified atom stereocenters. The van der Waals surface area contributed by atoms with E-state index in [0.717, 1.165) is 34.1 Å². The third-order valence-electron chi connectivity index (χ3n) is 13.6. The minimum atomic E-state index is -1.30. The van der Waals surface area contributed by atoms with Crippen LogP contribution in [0.4, 0.5) is 11.6 Å². The Morgan fingerprint density at radius 3 is 2.70 bits per heavy atom. The number of anilines is 2. The standard InChI is InChI=1S/C48H50N4O9/c1-5-23(2)47(58)60-37-19-34-42(57)40-36(56)18-31(21-53)59-44(40)41-39-32-12-13-50-45(49)38(32)27(9-8-26-10-11-30(55)17-33(26)35(39)22-54)16-29(48(37,4)61-43(34)41)15-25-14-28-7-6-24(3)52-46(28)51-20-25/h5-7,10-14,17-18,20,24,27,29,35,37,39,53-55,57H,8-9,15-16,19,21-22H2,1-4H3,(H2,49,50)(H,51,52). The number of nitrogen functional groups attached to an aromatic ring is 1. The Labute approximate surface area is 352 Å². The summed E-state index contributed by atoms with van der Waals surface area (Å²) in [7, 11) is 0. The van der Waals surface area contributed by atoms with Crippen LogP contribution in [-0.2, 0) is 35.4 Å². The van der Waals surface area contributed by atoms with Gasteiger partial charge in [0.05, 0.1) is 6.61 Å². The first-order valence-corrected chi connectivity index (χ1v) is 20.9. The molecule has 7 N–H and O–H groups in total. The molecule has 0 fully saturated rings. The number of aryl methyl sites for hydroxylation is 1. The van der Waals surface area contributed by atoms with Crippen LogP contribution in [0.25, 0.3) is 17.0 Å². The number of rotatable bonds is 6. The van der Waals surface area contributed by atoms with Crippen molar-refractivity contribution in [2.75, 3.05) is 17.7 Å². The third kappa shape index (κ3) is 6.70. The van der Waals surface area contributed by atoms with Gasteiger partial charge in [-0.2, -0.15) is 0 Å². The van der Waals surface area contributed by atoms with Crippen LogP contribution in [0.5, 0.6) is 17.2 Å². The molecule has 13 heteroatoms. The summed E-state index contributed by atoms with van der Waals surface area (Å²) in [5.74, 6) is -2.01. The number of aromatic nitrogens is 2. The van der Waals surface area contributed by atoms with E-state index in [4.69, 9.17) is 24.6 Å². The predicted octanol–water partition coefficient (Wildman–Crippen LogP) is 6.67. The molecule has 13 nitrogen and oxygen atoms in total. The van der Waals surface area contributed by atoms with Gasteiger partial charge in [0.15, 0.2) is 5.43 Å². The number of phenolic OH excluding ortho intramolecular Hbond substituents is 2. The normalized spacial score (nSPS) is 25.2. The van der Waals surface area contributed by atoms with Crippen molar-refractivity contribution in [1.29, 1.82) is 0 Å². The summed E-state index contributed by atoms with van der Waals surface area (Å²) in [6.07, 6.45) is 10.3. The Hall–Kier alpha value is -6.18. The Morgan fingerprint density at radius 1 is 1.11 bits per heavy atom. The molecule has 9 rings (SSSR count). The maximum atomic E-state index is 14.1. The van der Waals surface area contributed by atoms with Gasteiger partial charge >= 0.3 is 5.97 Å². The molecule has 61 heavy (non-hydrogen) atoms. The van der Waals surface area contributed by atoms with E-state index < -0.39 is 59.8 Å². The molecule has 0 amide bonds. The average molecular weight is 827 g/mol. The van der Waals surface area contributed by atoms with Gasteiger partial charge in [0, 0.05) is 76.5 Å². The molecule has 2 aromatic carbocycles. The van der Waals surface area contributed by atoms with E-state index in [-0.39, 0.29) is 52.2 Å². The number of pyridine rings is 2. The quantitative estimate of drug-likeness (QED) is 0.0782. The van der Waals surface area contributed by atoms with Crippen LogP contribution < -0.4 is 21.2 Å². The summed E-state index contributed by atoms with van der Waals surface area (Å²) in [6, 6.07) is 10.4. The van der Waals surface area contributed by atoms with Crippen LogP contribution in [-0.4, -0.2) is 60.7 Å². The highest BCUT2D eigenvalue weighted by atomic mass is 16.6. The highest BCUT2D eigenvalue weighted by Gasteiger charge is 2.54. The Morgan fingerprint density at radius 2 is 1.93 bits per heavy atom. The summed E-state index contributed by atoms with van der Waals surface area (Å²) in [5.41, 5.74) is 11.0. The van der Waals surface area contributed by atoms with Crippen molar-refractivity contribution in [3.63, 3.8) is 0 Å². The number of benzene rings is 2. The van der Waals surface area contributed by atoms with Gasteiger partial charge in [-0.1, -0.05) is 24.3 Å². The number of nitrogens with zero attached hydrogens (tertiary/aromatic N) is 2. The van der Waals surface area contributed by atoms with Gasteiger partial charge in [-0.05, 0) is 106 Å². The van der Waals surface area contributed by atoms with Gasteiger partial charge in [0.1, 0.15) is 63.9 Å². The molecular formula is C48H50N4O9. The zero-order valence-corrected chi connectivity index (χ0v) is 34.6. The maximum absolute atomic E-state index is 14.1. The van der Waals surface area contributed by atoms with Crippen LogP contribution in [0.2, 0.25) is 0 Å². The molecule has 0 radical (unpaired) electrons. The number of hydrogen-bond donors (Lipinski definition) is 6. The largest absolute Gasteiger partial charge is 0.508 e. The van der Waals surface area contributed by atoms with Crippen LogP contribution in [0, 0.1) is 5.92 Å². The number of carbonyl (C=O) groups is 1. The highest BCUT2D eigenvalue weighted by molar-refractivity contribution is 5.92. The number of allylic oxidation sites excluding steroid dienone is 1. The molecule has 6 heterocycles. The molecule has 1 aliphatic carbocycles. The summed E-state index contributed by atoms with van der Waals surface area (Å²) in [4.78, 5) is 37.4. The topological polar surface area (TPSA) is 210 Å². The van der Waals surface area contributed by atoms with E-state index in [9.17, 15) is 30.0 Å². The highest BCUT2D eigenvalue weighted by Crippen LogP contribution is 2.58. The van der Waals surface area contributed by atoms with Gasteiger partial charge in [-0.25, -0.2) is 14.8 Å². The van der Waals surface area contributed by atoms with E-state index >= 15 is 0 Å². The number of phenols is 2. The van der Waals surface area contributed by atoms with Crippen molar-refractivity contribution < 1.29 is 39.1 Å². The number of esters is 1. The maximum Gasteiger partial charge on any atom is 0.333 e. The van der Waals surface area contributed by atoms with E-state index in [1.807, 2.05) is 25.3 Å². The van der Waals surface area contributed by atoms with Crippen LogP contribution in [0.15, 0.2) is 75.7 Å². The number of hydrogen-bond acceptors (Lipinski definition) is 13. The van der Waals surface area contributed by atoms with Crippen molar-refractivity contribution in [2.24, 2.45) is 5.92 Å². The number of carbonyl (C=O) groups excluding carboxylic acids is 1. The Balaban J connectivity index is 1.40. The number of nitrogens with one attached hydrogen (secondary N) is 1. The van der Waals surface area contributed by atoms with E-state index in [1.54, 1.807) is 38.3 Å². The molecule has 4 bridgehead atoms. The van der Waals surface area contributed by atoms with Crippen molar-refractivity contribution >= 4 is 34.7 Å². The monoisotopic (exact) mass is 826 g/mol. The Kier molecular flexibility index (Phi) is 10.1. The van der Waals surface area contributed by atoms with E-state index in [1.165, 1.54) is 0 Å². The minimum Gasteiger partial charge on any atom is -0.508 e. The Bertz CT molecular complexity index is 2720. The molecule has 7 atom stereocenters. The fourth-order valence-corrected chi connectivity index (χ4v) is 10.3. The smallest absolute Gasteiger partial charge is 0.333 e. The summed E-state index contributed by atoms with van der Waals surface area (Å²) in [6.45, 7) is 6.40. The number of ether oxygens (including phenoxy) is 2. The summed E-state index contributed by atoms with van der Waals surface area (Å²) < 4.78 is 20.3.